The van der Waals surface area contributed by atoms with Crippen LogP contribution in [0.2, 0.25) is 0 Å². The van der Waals surface area contributed by atoms with Crippen LogP contribution in [0.25, 0.3) is 0 Å². The van der Waals surface area contributed by atoms with Crippen molar-refractivity contribution in [2.24, 2.45) is 0 Å². The number of nitrogens with zero attached hydrogens (tertiary/aromatic N) is 2. The molecule has 0 spiro atoms. The number of thioether (sulfide) groups is 1. The highest BCUT2D eigenvalue weighted by Gasteiger charge is 1.96. The van der Waals surface area contributed by atoms with Crippen LogP contribution in [0.15, 0.2) is 17.4 Å². The van der Waals surface area contributed by atoms with E-state index in [2.05, 4.69) is 22.2 Å². The van der Waals surface area contributed by atoms with Gasteiger partial charge in [-0.2, -0.15) is 0 Å². The molecule has 3 nitrogen and oxygen atoms in total. The first-order chi connectivity index (χ1) is 7.33. The molecule has 0 aromatic carbocycles. The van der Waals surface area contributed by atoms with Crippen LogP contribution < -0.4 is 5.32 Å². The Morgan fingerprint density at radius 3 is 3.00 bits per heavy atom. The van der Waals surface area contributed by atoms with E-state index in [1.54, 1.807) is 11.8 Å². The van der Waals surface area contributed by atoms with Crippen molar-refractivity contribution >= 4 is 11.8 Å². The molecule has 84 valence electrons. The average molecular weight is 225 g/mol. The van der Waals surface area contributed by atoms with E-state index >= 15 is 0 Å². The molecule has 0 radical (unpaired) electrons. The number of hydrogen-bond donors (Lipinski definition) is 1. The third kappa shape index (κ3) is 5.74. The summed E-state index contributed by atoms with van der Waals surface area (Å²) in [6.45, 7) is 6.38. The van der Waals surface area contributed by atoms with E-state index in [0.29, 0.717) is 0 Å². The SMILES string of the molecule is CCCNCCCSc1nccc(C)n1. The van der Waals surface area contributed by atoms with E-state index in [1.165, 1.54) is 12.8 Å². The molecule has 0 aliphatic carbocycles. The summed E-state index contributed by atoms with van der Waals surface area (Å²) < 4.78 is 0. The maximum Gasteiger partial charge on any atom is 0.187 e. The fourth-order valence-electron chi connectivity index (χ4n) is 1.16. The van der Waals surface area contributed by atoms with Crippen LogP contribution in [-0.4, -0.2) is 28.8 Å². The summed E-state index contributed by atoms with van der Waals surface area (Å²) in [5, 5.41) is 4.27. The highest BCUT2D eigenvalue weighted by atomic mass is 32.2. The summed E-state index contributed by atoms with van der Waals surface area (Å²) in [4.78, 5) is 8.54. The molecule has 0 unspecified atom stereocenters. The van der Waals surface area contributed by atoms with Crippen molar-refractivity contribution in [2.75, 3.05) is 18.8 Å². The lowest BCUT2D eigenvalue weighted by Crippen LogP contribution is -2.16. The molecule has 1 heterocycles. The first-order valence-corrected chi connectivity index (χ1v) is 6.44. The van der Waals surface area contributed by atoms with Crippen LogP contribution in [-0.2, 0) is 0 Å². The minimum atomic E-state index is 0.894. The predicted octanol–water partition coefficient (Wildman–Crippen LogP) is 2.27. The van der Waals surface area contributed by atoms with Crippen LogP contribution in [0.1, 0.15) is 25.5 Å². The van der Waals surface area contributed by atoms with Crippen LogP contribution in [0, 0.1) is 6.92 Å². The number of aryl methyl sites for hydroxylation is 1. The first kappa shape index (κ1) is 12.5. The number of rotatable bonds is 7. The van der Waals surface area contributed by atoms with Crippen molar-refractivity contribution in [2.45, 2.75) is 31.8 Å². The Labute approximate surface area is 96.1 Å². The lowest BCUT2D eigenvalue weighted by Gasteiger charge is -2.02. The predicted molar refractivity (Wildman–Crippen MR) is 65.3 cm³/mol. The Bertz CT molecular complexity index is 278. The fraction of sp³-hybridized carbons (Fsp3) is 0.636. The minimum absolute atomic E-state index is 0.894. The highest BCUT2D eigenvalue weighted by Crippen LogP contribution is 2.12. The molecule has 0 aliphatic rings. The second-order valence-corrected chi connectivity index (χ2v) is 4.49. The van der Waals surface area contributed by atoms with E-state index < -0.39 is 0 Å². The maximum atomic E-state index is 4.34. The van der Waals surface area contributed by atoms with Gasteiger partial charge in [0.25, 0.3) is 0 Å². The fourth-order valence-corrected chi connectivity index (χ4v) is 1.97. The molecule has 15 heavy (non-hydrogen) atoms. The molecule has 0 saturated carbocycles. The Balaban J connectivity index is 2.10. The molecule has 1 rings (SSSR count). The molecular weight excluding hydrogens is 206 g/mol. The van der Waals surface area contributed by atoms with E-state index in [0.717, 1.165) is 29.7 Å². The van der Waals surface area contributed by atoms with Gasteiger partial charge in [0.1, 0.15) is 0 Å². The van der Waals surface area contributed by atoms with Gasteiger partial charge < -0.3 is 5.32 Å². The second-order valence-electron chi connectivity index (χ2n) is 3.43. The van der Waals surface area contributed by atoms with Gasteiger partial charge in [-0.15, -0.1) is 0 Å². The molecule has 0 saturated heterocycles. The van der Waals surface area contributed by atoms with E-state index in [9.17, 15) is 0 Å². The summed E-state index contributed by atoms with van der Waals surface area (Å²) in [7, 11) is 0. The zero-order valence-corrected chi connectivity index (χ0v) is 10.3. The summed E-state index contributed by atoms with van der Waals surface area (Å²) >= 11 is 1.73. The van der Waals surface area contributed by atoms with Crippen molar-refractivity contribution in [3.8, 4) is 0 Å². The van der Waals surface area contributed by atoms with E-state index in [-0.39, 0.29) is 0 Å². The smallest absolute Gasteiger partial charge is 0.187 e. The van der Waals surface area contributed by atoms with Gasteiger partial charge in [0.15, 0.2) is 5.16 Å². The Morgan fingerprint density at radius 1 is 1.40 bits per heavy atom. The number of hydrogen-bond acceptors (Lipinski definition) is 4. The first-order valence-electron chi connectivity index (χ1n) is 5.46. The molecule has 0 atom stereocenters. The Kier molecular flexibility index (Phi) is 6.36. The minimum Gasteiger partial charge on any atom is -0.317 e. The van der Waals surface area contributed by atoms with Gasteiger partial charge >= 0.3 is 0 Å². The maximum absolute atomic E-state index is 4.34. The van der Waals surface area contributed by atoms with Gasteiger partial charge in [-0.05, 0) is 38.9 Å². The quantitative estimate of drug-likeness (QED) is 0.439. The molecule has 1 N–H and O–H groups in total. The molecule has 0 fully saturated rings. The molecule has 4 heteroatoms. The highest BCUT2D eigenvalue weighted by molar-refractivity contribution is 7.99. The van der Waals surface area contributed by atoms with Gasteiger partial charge in [-0.1, -0.05) is 18.7 Å². The zero-order chi connectivity index (χ0) is 10.9. The summed E-state index contributed by atoms with van der Waals surface area (Å²) in [6.07, 6.45) is 4.19. The number of aromatic nitrogens is 2. The molecule has 1 aromatic rings. The average Bonchev–Trinajstić information content (AvgIpc) is 2.23. The Hall–Kier alpha value is -0.610. The molecule has 0 aliphatic heterocycles. The van der Waals surface area contributed by atoms with Gasteiger partial charge in [0.2, 0.25) is 0 Å². The largest absolute Gasteiger partial charge is 0.317 e. The van der Waals surface area contributed by atoms with Crippen LogP contribution in [0.5, 0.6) is 0 Å². The molecule has 1 aromatic heterocycles. The van der Waals surface area contributed by atoms with Crippen molar-refractivity contribution in [3.05, 3.63) is 18.0 Å². The number of nitrogens with one attached hydrogen (secondary N) is 1. The van der Waals surface area contributed by atoms with Crippen molar-refractivity contribution < 1.29 is 0 Å². The van der Waals surface area contributed by atoms with Crippen LogP contribution in [0.3, 0.4) is 0 Å². The normalized spacial score (nSPS) is 10.5. The van der Waals surface area contributed by atoms with Gasteiger partial charge in [-0.3, -0.25) is 0 Å². The van der Waals surface area contributed by atoms with Gasteiger partial charge in [-0.25, -0.2) is 9.97 Å². The van der Waals surface area contributed by atoms with Crippen LogP contribution >= 0.6 is 11.8 Å². The third-order valence-corrected chi connectivity index (χ3v) is 2.88. The summed E-state index contributed by atoms with van der Waals surface area (Å²) in [5.74, 6) is 1.08. The second kappa shape index (κ2) is 7.65. The standard InChI is InChI=1S/C11H19N3S/c1-3-6-12-7-4-9-15-11-13-8-5-10(2)14-11/h5,8,12H,3-4,6-7,9H2,1-2H3. The van der Waals surface area contributed by atoms with Gasteiger partial charge in [0, 0.05) is 17.6 Å². The Morgan fingerprint density at radius 2 is 2.27 bits per heavy atom. The van der Waals surface area contributed by atoms with E-state index in [4.69, 9.17) is 0 Å². The topological polar surface area (TPSA) is 37.8 Å². The van der Waals surface area contributed by atoms with Crippen molar-refractivity contribution in [3.63, 3.8) is 0 Å². The molecule has 0 bridgehead atoms. The molecule has 0 amide bonds. The lowest BCUT2D eigenvalue weighted by molar-refractivity contribution is 0.664. The third-order valence-electron chi connectivity index (χ3n) is 1.93. The lowest BCUT2D eigenvalue weighted by atomic mass is 10.4. The zero-order valence-electron chi connectivity index (χ0n) is 9.49. The van der Waals surface area contributed by atoms with Crippen molar-refractivity contribution in [1.29, 1.82) is 0 Å². The van der Waals surface area contributed by atoms with Gasteiger partial charge in [0.05, 0.1) is 0 Å². The summed E-state index contributed by atoms with van der Waals surface area (Å²) in [6, 6.07) is 1.92. The molecular formula is C11H19N3S. The van der Waals surface area contributed by atoms with E-state index in [1.807, 2.05) is 19.2 Å². The summed E-state index contributed by atoms with van der Waals surface area (Å²) in [5.41, 5.74) is 1.04. The van der Waals surface area contributed by atoms with Crippen LogP contribution in [0.4, 0.5) is 0 Å². The monoisotopic (exact) mass is 225 g/mol. The van der Waals surface area contributed by atoms with Crippen molar-refractivity contribution in [1.82, 2.24) is 15.3 Å².